The van der Waals surface area contributed by atoms with Gasteiger partial charge < -0.3 is 0 Å². The third kappa shape index (κ3) is 6.29. The summed E-state index contributed by atoms with van der Waals surface area (Å²) in [7, 11) is 0. The fourth-order valence-electron chi connectivity index (χ4n) is 0.261. The maximum atomic E-state index is 3.69. The van der Waals surface area contributed by atoms with Crippen molar-refractivity contribution in [2.24, 2.45) is 0 Å². The van der Waals surface area contributed by atoms with Gasteiger partial charge in [0.2, 0.25) is 0 Å². The SMILES string of the molecule is [CH2]CCCC#CI. The predicted molar refractivity (Wildman–Crippen MR) is 41.0 cm³/mol. The maximum absolute atomic E-state index is 3.69. The first-order valence-corrected chi connectivity index (χ1v) is 3.37. The summed E-state index contributed by atoms with van der Waals surface area (Å²) in [4.78, 5) is 0. The lowest BCUT2D eigenvalue weighted by Crippen LogP contribution is -1.64. The Morgan fingerprint density at radius 1 is 1.57 bits per heavy atom. The first-order valence-electron chi connectivity index (χ1n) is 2.29. The van der Waals surface area contributed by atoms with Gasteiger partial charge in [0.25, 0.3) is 0 Å². The van der Waals surface area contributed by atoms with Crippen LogP contribution in [0, 0.1) is 16.8 Å². The van der Waals surface area contributed by atoms with Gasteiger partial charge in [0.05, 0.1) is 0 Å². The van der Waals surface area contributed by atoms with E-state index in [1.165, 1.54) is 0 Å². The van der Waals surface area contributed by atoms with Gasteiger partial charge in [-0.15, -0.1) is 0 Å². The van der Waals surface area contributed by atoms with Crippen molar-refractivity contribution in [3.05, 3.63) is 6.92 Å². The molecule has 0 N–H and O–H groups in total. The molecule has 0 aromatic rings. The largest absolute Gasteiger partial charge is 0.0919 e. The summed E-state index contributed by atoms with van der Waals surface area (Å²) in [5.41, 5.74) is 0. The molecule has 0 fully saturated rings. The van der Waals surface area contributed by atoms with Crippen molar-refractivity contribution < 1.29 is 0 Å². The molecule has 0 amide bonds. The molecule has 0 aliphatic heterocycles. The van der Waals surface area contributed by atoms with Crippen molar-refractivity contribution in [3.8, 4) is 9.85 Å². The molecule has 39 valence electrons. The van der Waals surface area contributed by atoms with E-state index in [1.54, 1.807) is 0 Å². The predicted octanol–water partition coefficient (Wildman–Crippen LogP) is 2.39. The standard InChI is InChI=1S/C6H8I/c1-2-3-4-5-6-7/h1-4H2. The van der Waals surface area contributed by atoms with Crippen molar-refractivity contribution in [2.45, 2.75) is 19.3 Å². The Kier molecular flexibility index (Phi) is 6.55. The van der Waals surface area contributed by atoms with Crippen molar-refractivity contribution in [2.75, 3.05) is 0 Å². The average Bonchev–Trinajstić information content (AvgIpc) is 1.69. The minimum atomic E-state index is 1.01. The maximum Gasteiger partial charge on any atom is 0.0181 e. The zero-order chi connectivity index (χ0) is 5.54. The van der Waals surface area contributed by atoms with Gasteiger partial charge >= 0.3 is 0 Å². The number of hydrogen-bond donors (Lipinski definition) is 0. The second-order valence-electron chi connectivity index (χ2n) is 1.23. The van der Waals surface area contributed by atoms with Crippen LogP contribution in [0.15, 0.2) is 0 Å². The Labute approximate surface area is 58.8 Å². The molecule has 0 rings (SSSR count). The van der Waals surface area contributed by atoms with E-state index >= 15 is 0 Å². The molecule has 0 heterocycles. The van der Waals surface area contributed by atoms with E-state index < -0.39 is 0 Å². The van der Waals surface area contributed by atoms with Crippen LogP contribution < -0.4 is 0 Å². The first kappa shape index (κ1) is 7.29. The van der Waals surface area contributed by atoms with E-state index in [-0.39, 0.29) is 0 Å². The molecule has 0 spiro atoms. The highest BCUT2D eigenvalue weighted by molar-refractivity contribution is 14.1. The fraction of sp³-hybridized carbons (Fsp3) is 0.500. The van der Waals surface area contributed by atoms with Crippen LogP contribution in [0.3, 0.4) is 0 Å². The molecule has 1 heteroatoms. The summed E-state index contributed by atoms with van der Waals surface area (Å²) in [6.07, 6.45) is 3.15. The smallest absolute Gasteiger partial charge is 0.0181 e. The van der Waals surface area contributed by atoms with Crippen molar-refractivity contribution in [3.63, 3.8) is 0 Å². The second kappa shape index (κ2) is 6.29. The summed E-state index contributed by atoms with van der Waals surface area (Å²) >= 11 is 2.05. The monoisotopic (exact) mass is 207 g/mol. The lowest BCUT2D eigenvalue weighted by Gasteiger charge is -1.80. The molecular weight excluding hydrogens is 199 g/mol. The van der Waals surface area contributed by atoms with Gasteiger partial charge in [-0.3, -0.25) is 0 Å². The lowest BCUT2D eigenvalue weighted by molar-refractivity contribution is 0.883. The number of halogens is 1. The van der Waals surface area contributed by atoms with Crippen LogP contribution in [0.2, 0.25) is 0 Å². The highest BCUT2D eigenvalue weighted by Gasteiger charge is 1.73. The minimum Gasteiger partial charge on any atom is -0.0919 e. The van der Waals surface area contributed by atoms with Gasteiger partial charge in [0.15, 0.2) is 0 Å². The molecule has 0 bridgehead atoms. The molecule has 1 radical (unpaired) electrons. The Balaban J connectivity index is 2.78. The molecule has 0 aliphatic rings. The topological polar surface area (TPSA) is 0 Å². The summed E-state index contributed by atoms with van der Waals surface area (Å²) in [6.45, 7) is 3.69. The highest BCUT2D eigenvalue weighted by atomic mass is 127. The summed E-state index contributed by atoms with van der Waals surface area (Å²) < 4.78 is 2.79. The number of rotatable bonds is 2. The minimum absolute atomic E-state index is 1.01. The van der Waals surface area contributed by atoms with Crippen LogP contribution in [0.5, 0.6) is 0 Å². The molecule has 7 heavy (non-hydrogen) atoms. The van der Waals surface area contributed by atoms with Crippen molar-refractivity contribution in [1.29, 1.82) is 0 Å². The zero-order valence-electron chi connectivity index (χ0n) is 4.21. The van der Waals surface area contributed by atoms with E-state index in [1.807, 2.05) is 22.6 Å². The molecule has 0 aromatic heterocycles. The molecule has 0 aromatic carbocycles. The molecule has 0 atom stereocenters. The Hall–Kier alpha value is 0.290. The summed E-state index contributed by atoms with van der Waals surface area (Å²) in [5.74, 6) is 2.95. The van der Waals surface area contributed by atoms with Crippen LogP contribution in [-0.2, 0) is 0 Å². The van der Waals surface area contributed by atoms with Gasteiger partial charge in [-0.25, -0.2) is 0 Å². The van der Waals surface area contributed by atoms with Crippen molar-refractivity contribution in [1.82, 2.24) is 0 Å². The van der Waals surface area contributed by atoms with Gasteiger partial charge in [-0.1, -0.05) is 19.3 Å². The van der Waals surface area contributed by atoms with E-state index in [9.17, 15) is 0 Å². The zero-order valence-corrected chi connectivity index (χ0v) is 6.36. The van der Waals surface area contributed by atoms with Crippen LogP contribution in [0.1, 0.15) is 19.3 Å². The Morgan fingerprint density at radius 2 is 2.29 bits per heavy atom. The molecular formula is C6H8I. The van der Waals surface area contributed by atoms with Gasteiger partial charge in [0, 0.05) is 29.0 Å². The van der Waals surface area contributed by atoms with E-state index in [0.29, 0.717) is 0 Å². The second-order valence-corrected chi connectivity index (χ2v) is 1.77. The normalized spacial score (nSPS) is 7.14. The highest BCUT2D eigenvalue weighted by Crippen LogP contribution is 1.90. The van der Waals surface area contributed by atoms with Crippen molar-refractivity contribution >= 4 is 22.6 Å². The fourth-order valence-corrected chi connectivity index (χ4v) is 0.530. The molecule has 0 unspecified atom stereocenters. The van der Waals surface area contributed by atoms with E-state index in [4.69, 9.17) is 0 Å². The quantitative estimate of drug-likeness (QED) is 0.370. The molecule has 0 aliphatic carbocycles. The molecule has 0 saturated carbocycles. The summed E-state index contributed by atoms with van der Waals surface area (Å²) in [5, 5.41) is 0. The van der Waals surface area contributed by atoms with Crippen LogP contribution in [-0.4, -0.2) is 0 Å². The summed E-state index contributed by atoms with van der Waals surface area (Å²) in [6, 6.07) is 0. The van der Waals surface area contributed by atoms with Crippen LogP contribution >= 0.6 is 22.6 Å². The lowest BCUT2D eigenvalue weighted by atomic mass is 10.3. The average molecular weight is 207 g/mol. The third-order valence-electron chi connectivity index (χ3n) is 0.619. The Bertz CT molecular complexity index is 75.9. The van der Waals surface area contributed by atoms with E-state index in [0.717, 1.165) is 19.3 Å². The van der Waals surface area contributed by atoms with Gasteiger partial charge in [0.1, 0.15) is 0 Å². The third-order valence-corrected chi connectivity index (χ3v) is 1.000. The van der Waals surface area contributed by atoms with Gasteiger partial charge in [-0.2, -0.15) is 0 Å². The number of hydrogen-bond acceptors (Lipinski definition) is 0. The van der Waals surface area contributed by atoms with E-state index in [2.05, 4.69) is 16.8 Å². The van der Waals surface area contributed by atoms with Crippen LogP contribution in [0.4, 0.5) is 0 Å². The van der Waals surface area contributed by atoms with Crippen LogP contribution in [0.25, 0.3) is 0 Å². The molecule has 0 saturated heterocycles. The molecule has 0 nitrogen and oxygen atoms in total. The number of unbranched alkanes of at least 4 members (excludes halogenated alkanes) is 2. The first-order chi connectivity index (χ1) is 3.41. The van der Waals surface area contributed by atoms with Gasteiger partial charge in [-0.05, 0) is 10.3 Å². The Morgan fingerprint density at radius 3 is 2.71 bits per heavy atom.